The van der Waals surface area contributed by atoms with E-state index in [4.69, 9.17) is 14.2 Å². The van der Waals surface area contributed by atoms with Crippen molar-refractivity contribution in [1.82, 2.24) is 15.2 Å². The number of benzene rings is 2. The van der Waals surface area contributed by atoms with Gasteiger partial charge in [0.25, 0.3) is 0 Å². The molecule has 1 aliphatic rings. The summed E-state index contributed by atoms with van der Waals surface area (Å²) in [5.74, 6) is 2.18. The lowest BCUT2D eigenvalue weighted by Gasteiger charge is -2.30. The highest BCUT2D eigenvalue weighted by molar-refractivity contribution is 7.99. The number of thioether (sulfide) groups is 1. The molecule has 0 aliphatic carbocycles. The Hall–Kier alpha value is -3.33. The van der Waals surface area contributed by atoms with E-state index < -0.39 is 6.23 Å². The van der Waals surface area contributed by atoms with Crippen LogP contribution in [0.2, 0.25) is 0 Å². The molecule has 0 radical (unpaired) electrons. The molecular formula is C24H26N4O4S. The van der Waals surface area contributed by atoms with E-state index in [1.165, 1.54) is 18.7 Å². The van der Waals surface area contributed by atoms with Gasteiger partial charge in [0, 0.05) is 18.1 Å². The summed E-state index contributed by atoms with van der Waals surface area (Å²) in [5.41, 5.74) is 2.63. The topological polar surface area (TPSA) is 86.7 Å². The molecule has 0 spiro atoms. The number of aromatic nitrogens is 3. The molecule has 0 fully saturated rings. The molecule has 0 saturated carbocycles. The molecule has 0 saturated heterocycles. The fourth-order valence-corrected chi connectivity index (χ4v) is 4.19. The minimum absolute atomic E-state index is 0.178. The fraction of sp³-hybridized carbons (Fsp3) is 0.333. The zero-order chi connectivity index (χ0) is 23.4. The summed E-state index contributed by atoms with van der Waals surface area (Å²) < 4.78 is 17.9. The normalized spacial score (nSPS) is 14.5. The van der Waals surface area contributed by atoms with Crippen LogP contribution in [0.3, 0.4) is 0 Å². The number of carbonyl (C=O) groups is 1. The number of carbonyl (C=O) groups excluding carboxylic acids is 1. The number of amides is 1. The molecule has 4 rings (SSSR count). The van der Waals surface area contributed by atoms with E-state index >= 15 is 0 Å². The highest BCUT2D eigenvalue weighted by atomic mass is 32.2. The zero-order valence-corrected chi connectivity index (χ0v) is 19.9. The summed E-state index contributed by atoms with van der Waals surface area (Å²) in [7, 11) is 0. The Morgan fingerprint density at radius 1 is 1.06 bits per heavy atom. The smallest absolute Gasteiger partial charge is 0.247 e. The number of rotatable bonds is 7. The summed E-state index contributed by atoms with van der Waals surface area (Å²) in [6.07, 6.45) is -0.782. The lowest BCUT2D eigenvalue weighted by Crippen LogP contribution is -2.36. The van der Waals surface area contributed by atoms with Crippen molar-refractivity contribution in [3.8, 4) is 28.6 Å². The predicted octanol–water partition coefficient (Wildman–Crippen LogP) is 4.89. The Bertz CT molecular complexity index is 1160. The SMILES string of the molecule is CCOc1ccc(C2Oc3nc(SCC)nnc3-c3ccccc3N2C(C)=O)cc1OCC. The Labute approximate surface area is 197 Å². The van der Waals surface area contributed by atoms with E-state index in [1.54, 1.807) is 4.90 Å². The maximum Gasteiger partial charge on any atom is 0.247 e. The summed E-state index contributed by atoms with van der Waals surface area (Å²) >= 11 is 1.48. The highest BCUT2D eigenvalue weighted by Gasteiger charge is 2.35. The molecule has 2 aromatic carbocycles. The summed E-state index contributed by atoms with van der Waals surface area (Å²) in [6, 6.07) is 13.1. The Morgan fingerprint density at radius 2 is 1.82 bits per heavy atom. The lowest BCUT2D eigenvalue weighted by molar-refractivity contribution is -0.118. The van der Waals surface area contributed by atoms with Crippen LogP contribution in [0.4, 0.5) is 5.69 Å². The van der Waals surface area contributed by atoms with Gasteiger partial charge in [-0.25, -0.2) is 0 Å². The Morgan fingerprint density at radius 3 is 2.55 bits per heavy atom. The quantitative estimate of drug-likeness (QED) is 0.455. The van der Waals surface area contributed by atoms with Crippen LogP contribution in [0.15, 0.2) is 47.6 Å². The molecule has 1 aromatic heterocycles. The van der Waals surface area contributed by atoms with Gasteiger partial charge in [-0.3, -0.25) is 9.69 Å². The third-order valence-corrected chi connectivity index (χ3v) is 5.70. The lowest BCUT2D eigenvalue weighted by atomic mass is 10.1. The van der Waals surface area contributed by atoms with Gasteiger partial charge in [0.05, 0.1) is 18.9 Å². The van der Waals surface area contributed by atoms with Gasteiger partial charge in [0.2, 0.25) is 23.2 Å². The van der Waals surface area contributed by atoms with Crippen LogP contribution in [0.1, 0.15) is 39.5 Å². The zero-order valence-electron chi connectivity index (χ0n) is 19.1. The first-order valence-electron chi connectivity index (χ1n) is 10.9. The molecule has 0 bridgehead atoms. The van der Waals surface area contributed by atoms with Crippen molar-refractivity contribution in [3.05, 3.63) is 48.0 Å². The van der Waals surface area contributed by atoms with Gasteiger partial charge >= 0.3 is 0 Å². The average molecular weight is 467 g/mol. The second kappa shape index (κ2) is 10.1. The number of anilines is 1. The molecular weight excluding hydrogens is 440 g/mol. The summed E-state index contributed by atoms with van der Waals surface area (Å²) in [6.45, 7) is 8.35. The molecule has 8 nitrogen and oxygen atoms in total. The van der Waals surface area contributed by atoms with Gasteiger partial charge in [-0.05, 0) is 43.9 Å². The second-order valence-corrected chi connectivity index (χ2v) is 8.36. The first kappa shape index (κ1) is 22.8. The molecule has 2 heterocycles. The van der Waals surface area contributed by atoms with Gasteiger partial charge in [0.1, 0.15) is 0 Å². The molecule has 1 aliphatic heterocycles. The summed E-state index contributed by atoms with van der Waals surface area (Å²) in [4.78, 5) is 19.1. The molecule has 1 amide bonds. The standard InChI is InChI=1S/C24H26N4O4S/c1-5-30-19-13-12-16(14-20(19)31-6-2)23-28(15(4)29)18-11-9-8-10-17(18)21-22(32-23)25-24(27-26-21)33-7-3/h8-14,23H,5-7H2,1-4H3. The largest absolute Gasteiger partial charge is 0.490 e. The second-order valence-electron chi connectivity index (χ2n) is 7.13. The number of hydrogen-bond donors (Lipinski definition) is 0. The van der Waals surface area contributed by atoms with Crippen molar-refractivity contribution in [2.45, 2.75) is 39.1 Å². The monoisotopic (exact) mass is 466 g/mol. The van der Waals surface area contributed by atoms with Crippen molar-refractivity contribution in [2.24, 2.45) is 0 Å². The molecule has 3 aromatic rings. The first-order valence-corrected chi connectivity index (χ1v) is 11.9. The van der Waals surface area contributed by atoms with E-state index in [0.717, 1.165) is 16.9 Å². The van der Waals surface area contributed by atoms with Gasteiger partial charge in [-0.2, -0.15) is 4.98 Å². The van der Waals surface area contributed by atoms with E-state index in [0.29, 0.717) is 47.1 Å². The molecule has 172 valence electrons. The van der Waals surface area contributed by atoms with Crippen molar-refractivity contribution in [2.75, 3.05) is 23.9 Å². The van der Waals surface area contributed by atoms with E-state index in [2.05, 4.69) is 15.2 Å². The maximum atomic E-state index is 12.9. The van der Waals surface area contributed by atoms with Crippen molar-refractivity contribution in [1.29, 1.82) is 0 Å². The average Bonchev–Trinajstić information content (AvgIpc) is 2.95. The third-order valence-electron chi connectivity index (χ3n) is 4.98. The van der Waals surface area contributed by atoms with Crippen LogP contribution in [0, 0.1) is 0 Å². The summed E-state index contributed by atoms with van der Waals surface area (Å²) in [5, 5.41) is 9.17. The third kappa shape index (κ3) is 4.59. The van der Waals surface area contributed by atoms with Crippen LogP contribution < -0.4 is 19.1 Å². The van der Waals surface area contributed by atoms with Crippen LogP contribution >= 0.6 is 11.8 Å². The maximum absolute atomic E-state index is 12.9. The van der Waals surface area contributed by atoms with Crippen molar-refractivity contribution >= 4 is 23.4 Å². The molecule has 9 heteroatoms. The molecule has 1 unspecified atom stereocenters. The molecule has 0 N–H and O–H groups in total. The fourth-order valence-electron chi connectivity index (χ4n) is 3.68. The van der Waals surface area contributed by atoms with Crippen LogP contribution in [-0.2, 0) is 4.79 Å². The van der Waals surface area contributed by atoms with Gasteiger partial charge < -0.3 is 14.2 Å². The first-order chi connectivity index (χ1) is 16.1. The molecule has 33 heavy (non-hydrogen) atoms. The van der Waals surface area contributed by atoms with E-state index in [1.807, 2.05) is 63.2 Å². The minimum Gasteiger partial charge on any atom is -0.490 e. The van der Waals surface area contributed by atoms with Crippen LogP contribution in [0.25, 0.3) is 11.3 Å². The van der Waals surface area contributed by atoms with E-state index in [-0.39, 0.29) is 5.91 Å². The van der Waals surface area contributed by atoms with Gasteiger partial charge in [0.15, 0.2) is 17.2 Å². The number of fused-ring (bicyclic) bond motifs is 3. The van der Waals surface area contributed by atoms with Crippen LogP contribution in [0.5, 0.6) is 17.4 Å². The van der Waals surface area contributed by atoms with Crippen molar-refractivity contribution < 1.29 is 19.0 Å². The number of para-hydroxylation sites is 1. The van der Waals surface area contributed by atoms with Crippen LogP contribution in [-0.4, -0.2) is 40.1 Å². The Balaban J connectivity index is 1.90. The Kier molecular flexibility index (Phi) is 6.98. The molecule has 1 atom stereocenters. The van der Waals surface area contributed by atoms with Gasteiger partial charge in [-0.1, -0.05) is 36.9 Å². The number of ether oxygens (including phenoxy) is 3. The minimum atomic E-state index is -0.782. The highest BCUT2D eigenvalue weighted by Crippen LogP contribution is 2.44. The predicted molar refractivity (Wildman–Crippen MR) is 127 cm³/mol. The van der Waals surface area contributed by atoms with E-state index in [9.17, 15) is 4.79 Å². The van der Waals surface area contributed by atoms with Gasteiger partial charge in [-0.15, -0.1) is 10.2 Å². The number of nitrogens with zero attached hydrogens (tertiary/aromatic N) is 4. The van der Waals surface area contributed by atoms with Crippen molar-refractivity contribution in [3.63, 3.8) is 0 Å². The number of hydrogen-bond acceptors (Lipinski definition) is 8.